The molecule has 3 rings (SSSR count). The van der Waals surface area contributed by atoms with Crippen LogP contribution >= 0.6 is 12.3 Å². The van der Waals surface area contributed by atoms with Gasteiger partial charge in [-0.2, -0.15) is 0 Å². The minimum Gasteiger partial charge on any atom is -0.478 e. The van der Waals surface area contributed by atoms with Crippen molar-refractivity contribution in [3.8, 4) is 11.1 Å². The lowest BCUT2D eigenvalue weighted by molar-refractivity contribution is 0.0272. The summed E-state index contributed by atoms with van der Waals surface area (Å²) in [5.41, 5.74) is 3.27. The molecular weight excluding hydrogens is 328 g/mol. The largest absolute Gasteiger partial charge is 0.478 e. The van der Waals surface area contributed by atoms with Gasteiger partial charge in [-0.1, -0.05) is 48.9 Å². The molecule has 1 heterocycles. The number of carboxylic acid groups (broad SMARTS) is 1. The van der Waals surface area contributed by atoms with E-state index in [2.05, 4.69) is 12.2 Å². The molecule has 0 atom stereocenters. The Hall–Kier alpha value is -2.22. The van der Waals surface area contributed by atoms with Crippen LogP contribution in [0.15, 0.2) is 42.5 Å². The first-order chi connectivity index (χ1) is 11.7. The normalized spacial score (nSPS) is 13.5. The van der Waals surface area contributed by atoms with E-state index in [-0.39, 0.29) is 5.56 Å². The Balaban J connectivity index is 2.11. The number of carboxylic acids is 1. The van der Waals surface area contributed by atoms with E-state index in [4.69, 9.17) is 8.57 Å². The number of hydrogen-bond donors (Lipinski definition) is 2. The summed E-state index contributed by atoms with van der Waals surface area (Å²) in [6, 6.07) is 12.9. The molecule has 0 saturated carbocycles. The van der Waals surface area contributed by atoms with Crippen LogP contribution in [0.3, 0.4) is 0 Å². The summed E-state index contributed by atoms with van der Waals surface area (Å²) >= 11 is 0.844. The molecule has 0 spiro atoms. The van der Waals surface area contributed by atoms with Crippen molar-refractivity contribution < 1.29 is 18.5 Å². The van der Waals surface area contributed by atoms with Crippen molar-refractivity contribution in [2.75, 3.05) is 17.1 Å². The first-order valence-corrected chi connectivity index (χ1v) is 8.39. The number of rotatable bonds is 7. The summed E-state index contributed by atoms with van der Waals surface area (Å²) in [5.74, 6) is -0.998. The van der Waals surface area contributed by atoms with Gasteiger partial charge >= 0.3 is 5.97 Å². The molecular formula is C17H18N2O4S. The minimum atomic E-state index is -0.998. The Morgan fingerprint density at radius 1 is 1.25 bits per heavy atom. The second kappa shape index (κ2) is 7.57. The van der Waals surface area contributed by atoms with E-state index < -0.39 is 5.97 Å². The van der Waals surface area contributed by atoms with Crippen molar-refractivity contribution in [3.63, 3.8) is 0 Å². The third-order valence-corrected chi connectivity index (χ3v) is 4.06. The molecule has 0 aromatic heterocycles. The standard InChI is InChI=1S/C17H18N2O4S/c1-2-3-9-18-14-10-13(17(20)21)11-15(19-22-24-23-19)16(14)12-7-5-4-6-8-12/h4-8,10-11,18H,2-3,9H2,1H3,(H,20,21). The Morgan fingerprint density at radius 2 is 2.00 bits per heavy atom. The van der Waals surface area contributed by atoms with E-state index in [1.54, 1.807) is 12.1 Å². The van der Waals surface area contributed by atoms with E-state index >= 15 is 0 Å². The summed E-state index contributed by atoms with van der Waals surface area (Å²) < 4.78 is 10.4. The molecule has 1 aliphatic rings. The summed E-state index contributed by atoms with van der Waals surface area (Å²) in [5, 5.41) is 14.0. The summed E-state index contributed by atoms with van der Waals surface area (Å²) in [4.78, 5) is 11.5. The molecule has 0 bridgehead atoms. The number of nitrogens with zero attached hydrogens (tertiary/aromatic N) is 1. The van der Waals surface area contributed by atoms with E-state index in [0.29, 0.717) is 5.69 Å². The van der Waals surface area contributed by atoms with Crippen molar-refractivity contribution in [1.82, 2.24) is 0 Å². The van der Waals surface area contributed by atoms with E-state index in [1.807, 2.05) is 30.3 Å². The lowest BCUT2D eigenvalue weighted by Gasteiger charge is -2.29. The first kappa shape index (κ1) is 16.6. The highest BCUT2D eigenvalue weighted by atomic mass is 32.2. The second-order valence-corrected chi connectivity index (χ2v) is 5.78. The van der Waals surface area contributed by atoms with Gasteiger partial charge in [0.2, 0.25) is 12.3 Å². The highest BCUT2D eigenvalue weighted by Gasteiger charge is 2.27. The number of nitrogens with one attached hydrogen (secondary N) is 1. The SMILES string of the molecule is CCCCNc1cc(C(=O)O)cc(N2OSO2)c1-c1ccccc1. The molecule has 2 aromatic rings. The molecule has 24 heavy (non-hydrogen) atoms. The van der Waals surface area contributed by atoms with Crippen LogP contribution < -0.4 is 10.5 Å². The number of carbonyl (C=O) groups is 1. The van der Waals surface area contributed by atoms with Gasteiger partial charge < -0.3 is 10.4 Å². The zero-order chi connectivity index (χ0) is 16.9. The average molecular weight is 346 g/mol. The fourth-order valence-electron chi connectivity index (χ4n) is 2.48. The molecule has 2 N–H and O–H groups in total. The van der Waals surface area contributed by atoms with Crippen molar-refractivity contribution in [1.29, 1.82) is 0 Å². The van der Waals surface area contributed by atoms with Gasteiger partial charge in [-0.05, 0) is 24.1 Å². The molecule has 1 saturated heterocycles. The van der Waals surface area contributed by atoms with E-state index in [1.165, 1.54) is 5.23 Å². The van der Waals surface area contributed by atoms with Crippen molar-refractivity contribution in [2.24, 2.45) is 0 Å². The van der Waals surface area contributed by atoms with Gasteiger partial charge in [-0.25, -0.2) is 4.79 Å². The quantitative estimate of drug-likeness (QED) is 0.564. The fraction of sp³-hybridized carbons (Fsp3) is 0.235. The van der Waals surface area contributed by atoms with Crippen LogP contribution in [-0.2, 0) is 8.57 Å². The van der Waals surface area contributed by atoms with Crippen LogP contribution in [0, 0.1) is 0 Å². The average Bonchev–Trinajstić information content (AvgIpc) is 2.54. The van der Waals surface area contributed by atoms with E-state index in [9.17, 15) is 9.90 Å². The van der Waals surface area contributed by atoms with Crippen molar-refractivity contribution >= 4 is 29.7 Å². The van der Waals surface area contributed by atoms with Gasteiger partial charge in [0.15, 0.2) is 0 Å². The Labute approximate surface area is 144 Å². The van der Waals surface area contributed by atoms with Crippen molar-refractivity contribution in [3.05, 3.63) is 48.0 Å². The second-order valence-electron chi connectivity index (χ2n) is 5.34. The Kier molecular flexibility index (Phi) is 5.24. The third kappa shape index (κ3) is 3.48. The van der Waals surface area contributed by atoms with E-state index in [0.717, 1.165) is 48.5 Å². The molecule has 2 aromatic carbocycles. The predicted molar refractivity (Wildman–Crippen MR) is 94.5 cm³/mol. The monoisotopic (exact) mass is 346 g/mol. The lowest BCUT2D eigenvalue weighted by Crippen LogP contribution is -2.28. The maximum atomic E-state index is 11.5. The number of hydrogen-bond acceptors (Lipinski definition) is 6. The zero-order valence-electron chi connectivity index (χ0n) is 13.2. The maximum absolute atomic E-state index is 11.5. The molecule has 1 fully saturated rings. The third-order valence-electron chi connectivity index (χ3n) is 3.67. The van der Waals surface area contributed by atoms with Gasteiger partial charge in [0.25, 0.3) is 0 Å². The number of benzene rings is 2. The Bertz CT molecular complexity index is 720. The number of aromatic carboxylic acids is 1. The van der Waals surface area contributed by atoms with Gasteiger partial charge in [-0.15, -0.1) is 8.57 Å². The Morgan fingerprint density at radius 3 is 2.58 bits per heavy atom. The smallest absolute Gasteiger partial charge is 0.335 e. The summed E-state index contributed by atoms with van der Waals surface area (Å²) in [7, 11) is 0. The van der Waals surface area contributed by atoms with Crippen molar-refractivity contribution in [2.45, 2.75) is 19.8 Å². The zero-order valence-corrected chi connectivity index (χ0v) is 14.0. The molecule has 7 heteroatoms. The molecule has 0 aliphatic carbocycles. The molecule has 126 valence electrons. The molecule has 1 aliphatic heterocycles. The molecule has 6 nitrogen and oxygen atoms in total. The lowest BCUT2D eigenvalue weighted by atomic mass is 9.98. The fourth-order valence-corrected chi connectivity index (χ4v) is 2.77. The van der Waals surface area contributed by atoms with Crippen LogP contribution in [-0.4, -0.2) is 17.6 Å². The molecule has 0 unspecified atom stereocenters. The maximum Gasteiger partial charge on any atom is 0.335 e. The van der Waals surface area contributed by atoms with Gasteiger partial charge in [-0.3, -0.25) is 0 Å². The summed E-state index contributed by atoms with van der Waals surface area (Å²) in [6.45, 7) is 2.87. The van der Waals surface area contributed by atoms with Gasteiger partial charge in [0.1, 0.15) is 5.69 Å². The van der Waals surface area contributed by atoms with Gasteiger partial charge in [0.05, 0.1) is 5.56 Å². The molecule has 0 radical (unpaired) electrons. The number of anilines is 2. The predicted octanol–water partition coefficient (Wildman–Crippen LogP) is 4.51. The van der Waals surface area contributed by atoms with Crippen LogP contribution in [0.4, 0.5) is 11.4 Å². The van der Waals surface area contributed by atoms with Crippen LogP contribution in [0.25, 0.3) is 11.1 Å². The highest BCUT2D eigenvalue weighted by Crippen LogP contribution is 2.43. The summed E-state index contributed by atoms with van der Waals surface area (Å²) in [6.07, 6.45) is 2.04. The topological polar surface area (TPSA) is 71.0 Å². The van der Waals surface area contributed by atoms with Crippen LogP contribution in [0.2, 0.25) is 0 Å². The molecule has 0 amide bonds. The van der Waals surface area contributed by atoms with Crippen LogP contribution in [0.1, 0.15) is 30.1 Å². The first-order valence-electron chi connectivity index (χ1n) is 7.73. The van der Waals surface area contributed by atoms with Crippen LogP contribution in [0.5, 0.6) is 0 Å². The minimum absolute atomic E-state index is 0.174. The highest BCUT2D eigenvalue weighted by molar-refractivity contribution is 7.90. The van der Waals surface area contributed by atoms with Gasteiger partial charge in [0, 0.05) is 17.8 Å². The number of unbranched alkanes of at least 4 members (excludes halogenated alkanes) is 1.